The van der Waals surface area contributed by atoms with Crippen LogP contribution in [0.3, 0.4) is 0 Å². The molecule has 0 spiro atoms. The van der Waals surface area contributed by atoms with Crippen molar-refractivity contribution in [3.63, 3.8) is 0 Å². The molecule has 24 heavy (non-hydrogen) atoms. The van der Waals surface area contributed by atoms with Crippen molar-refractivity contribution in [1.29, 1.82) is 0 Å². The lowest BCUT2D eigenvalue weighted by Crippen LogP contribution is -2.28. The number of ketones is 1. The Hall–Kier alpha value is -2.34. The highest BCUT2D eigenvalue weighted by Crippen LogP contribution is 2.20. The average Bonchev–Trinajstić information content (AvgIpc) is 2.57. The number of pyridine rings is 2. The monoisotopic (exact) mass is 330 g/mol. The van der Waals surface area contributed by atoms with E-state index < -0.39 is 5.82 Å². The van der Waals surface area contributed by atoms with E-state index in [-0.39, 0.29) is 18.3 Å². The molecule has 1 atom stereocenters. The van der Waals surface area contributed by atoms with Gasteiger partial charge >= 0.3 is 0 Å². The molecule has 1 saturated heterocycles. The number of hydrogen-bond acceptors (Lipinski definition) is 5. The van der Waals surface area contributed by atoms with E-state index in [1.54, 1.807) is 6.07 Å². The standard InChI is InChI=1S/C18H19FN2O3/c1-12-7-16(24-15-3-2-6-23-11-15)9-17(21-12)18(22)8-14-5-4-13(19)10-20-14/h4-5,7,9-10,15H,2-3,6,8,11H2,1H3. The van der Waals surface area contributed by atoms with Gasteiger partial charge in [0.15, 0.2) is 5.78 Å². The minimum absolute atomic E-state index is 0.00210. The molecule has 2 aromatic rings. The molecule has 126 valence electrons. The zero-order chi connectivity index (χ0) is 16.9. The van der Waals surface area contributed by atoms with Crippen LogP contribution in [0.25, 0.3) is 0 Å². The highest BCUT2D eigenvalue weighted by atomic mass is 19.1. The Balaban J connectivity index is 1.72. The van der Waals surface area contributed by atoms with Gasteiger partial charge in [0.05, 0.1) is 19.2 Å². The fourth-order valence-corrected chi connectivity index (χ4v) is 2.61. The van der Waals surface area contributed by atoms with Crippen LogP contribution in [0, 0.1) is 12.7 Å². The molecular formula is C18H19FN2O3. The van der Waals surface area contributed by atoms with E-state index >= 15 is 0 Å². The van der Waals surface area contributed by atoms with Crippen LogP contribution in [0.4, 0.5) is 4.39 Å². The normalized spacial score (nSPS) is 17.5. The summed E-state index contributed by atoms with van der Waals surface area (Å²) in [7, 11) is 0. The fourth-order valence-electron chi connectivity index (χ4n) is 2.61. The van der Waals surface area contributed by atoms with Gasteiger partial charge in [0.1, 0.15) is 23.4 Å². The molecule has 3 heterocycles. The van der Waals surface area contributed by atoms with Crippen molar-refractivity contribution in [2.45, 2.75) is 32.3 Å². The highest BCUT2D eigenvalue weighted by Gasteiger charge is 2.17. The fraction of sp³-hybridized carbons (Fsp3) is 0.389. The molecule has 1 aliphatic rings. The third-order valence-corrected chi connectivity index (χ3v) is 3.76. The van der Waals surface area contributed by atoms with Crippen LogP contribution in [0.15, 0.2) is 30.5 Å². The number of hydrogen-bond donors (Lipinski definition) is 0. The first-order valence-corrected chi connectivity index (χ1v) is 7.97. The largest absolute Gasteiger partial charge is 0.488 e. The zero-order valence-corrected chi connectivity index (χ0v) is 13.5. The molecule has 2 aromatic heterocycles. The molecule has 0 radical (unpaired) electrons. The molecule has 0 amide bonds. The summed E-state index contributed by atoms with van der Waals surface area (Å²) in [6.07, 6.45) is 3.08. The quantitative estimate of drug-likeness (QED) is 0.789. The van der Waals surface area contributed by atoms with Gasteiger partial charge < -0.3 is 9.47 Å². The van der Waals surface area contributed by atoms with Crippen molar-refractivity contribution < 1.29 is 18.7 Å². The van der Waals surface area contributed by atoms with Crippen LogP contribution >= 0.6 is 0 Å². The van der Waals surface area contributed by atoms with Gasteiger partial charge in [-0.2, -0.15) is 0 Å². The Labute approximate surface area is 139 Å². The van der Waals surface area contributed by atoms with E-state index in [9.17, 15) is 9.18 Å². The molecule has 0 aliphatic carbocycles. The number of carbonyl (C=O) groups is 1. The van der Waals surface area contributed by atoms with E-state index in [4.69, 9.17) is 9.47 Å². The van der Waals surface area contributed by atoms with E-state index in [1.807, 2.05) is 13.0 Å². The second-order valence-corrected chi connectivity index (χ2v) is 5.85. The first-order valence-electron chi connectivity index (χ1n) is 7.97. The van der Waals surface area contributed by atoms with Crippen molar-refractivity contribution in [3.8, 4) is 5.75 Å². The van der Waals surface area contributed by atoms with E-state index in [0.29, 0.717) is 29.4 Å². The maximum atomic E-state index is 12.9. The molecule has 1 fully saturated rings. The number of rotatable bonds is 5. The van der Waals surface area contributed by atoms with Gasteiger partial charge in [-0.1, -0.05) is 0 Å². The molecule has 0 aromatic carbocycles. The Morgan fingerprint density at radius 1 is 1.42 bits per heavy atom. The lowest BCUT2D eigenvalue weighted by atomic mass is 10.1. The summed E-state index contributed by atoms with van der Waals surface area (Å²) in [5.41, 5.74) is 1.54. The Bertz CT molecular complexity index is 713. The number of halogens is 1. The van der Waals surface area contributed by atoms with Crippen LogP contribution in [0.2, 0.25) is 0 Å². The van der Waals surface area contributed by atoms with Crippen LogP contribution in [-0.4, -0.2) is 35.1 Å². The maximum absolute atomic E-state index is 12.9. The Morgan fingerprint density at radius 3 is 3.00 bits per heavy atom. The molecule has 0 bridgehead atoms. The molecule has 5 nitrogen and oxygen atoms in total. The van der Waals surface area contributed by atoms with Crippen molar-refractivity contribution >= 4 is 5.78 Å². The van der Waals surface area contributed by atoms with Crippen molar-refractivity contribution in [3.05, 3.63) is 53.4 Å². The van der Waals surface area contributed by atoms with Gasteiger partial charge in [0, 0.05) is 30.1 Å². The predicted molar refractivity (Wildman–Crippen MR) is 85.7 cm³/mol. The molecule has 0 saturated carbocycles. The van der Waals surface area contributed by atoms with Gasteiger partial charge in [-0.05, 0) is 31.9 Å². The Kier molecular flexibility index (Phi) is 5.15. The first-order chi connectivity index (χ1) is 11.6. The average molecular weight is 330 g/mol. The number of ether oxygens (including phenoxy) is 2. The molecule has 3 rings (SSSR count). The van der Waals surface area contributed by atoms with Crippen LogP contribution in [0.5, 0.6) is 5.75 Å². The lowest BCUT2D eigenvalue weighted by molar-refractivity contribution is 0.00734. The summed E-state index contributed by atoms with van der Waals surface area (Å²) in [5.74, 6) is 0.0150. The van der Waals surface area contributed by atoms with Gasteiger partial charge in [0.2, 0.25) is 0 Å². The summed E-state index contributed by atoms with van der Waals surface area (Å²) in [6, 6.07) is 6.24. The van der Waals surface area contributed by atoms with Crippen LogP contribution in [0.1, 0.15) is 34.7 Å². The second-order valence-electron chi connectivity index (χ2n) is 5.85. The van der Waals surface area contributed by atoms with E-state index in [2.05, 4.69) is 9.97 Å². The number of Topliss-reactive ketones (excluding diaryl/α,β-unsaturated/α-hetero) is 1. The number of aromatic nitrogens is 2. The third-order valence-electron chi connectivity index (χ3n) is 3.76. The SMILES string of the molecule is Cc1cc(OC2CCCOC2)cc(C(=O)Cc2ccc(F)cn2)n1. The minimum atomic E-state index is -0.426. The van der Waals surface area contributed by atoms with Gasteiger partial charge in [0.25, 0.3) is 0 Å². The summed E-state index contributed by atoms with van der Waals surface area (Å²) >= 11 is 0. The van der Waals surface area contributed by atoms with E-state index in [0.717, 1.165) is 25.6 Å². The summed E-state index contributed by atoms with van der Waals surface area (Å²) < 4.78 is 24.2. The van der Waals surface area contributed by atoms with Gasteiger partial charge in [-0.3, -0.25) is 9.78 Å². The van der Waals surface area contributed by atoms with Crippen LogP contribution in [-0.2, 0) is 11.2 Å². The maximum Gasteiger partial charge on any atom is 0.187 e. The summed E-state index contributed by atoms with van der Waals surface area (Å²) in [4.78, 5) is 20.6. The number of aryl methyl sites for hydroxylation is 1. The molecule has 1 aliphatic heterocycles. The molecular weight excluding hydrogens is 311 g/mol. The lowest BCUT2D eigenvalue weighted by Gasteiger charge is -2.23. The first kappa shape index (κ1) is 16.5. The summed E-state index contributed by atoms with van der Waals surface area (Å²) in [6.45, 7) is 3.14. The van der Waals surface area contributed by atoms with Crippen molar-refractivity contribution in [1.82, 2.24) is 9.97 Å². The minimum Gasteiger partial charge on any atom is -0.488 e. The second kappa shape index (κ2) is 7.49. The Morgan fingerprint density at radius 2 is 2.29 bits per heavy atom. The van der Waals surface area contributed by atoms with Gasteiger partial charge in [-0.25, -0.2) is 9.37 Å². The highest BCUT2D eigenvalue weighted by molar-refractivity contribution is 5.95. The molecule has 0 N–H and O–H groups in total. The third kappa shape index (κ3) is 4.35. The molecule has 1 unspecified atom stereocenters. The summed E-state index contributed by atoms with van der Waals surface area (Å²) in [5, 5.41) is 0. The van der Waals surface area contributed by atoms with Gasteiger partial charge in [-0.15, -0.1) is 0 Å². The number of nitrogens with zero attached hydrogens (tertiary/aromatic N) is 2. The number of carbonyl (C=O) groups excluding carboxylic acids is 1. The van der Waals surface area contributed by atoms with Crippen molar-refractivity contribution in [2.75, 3.05) is 13.2 Å². The zero-order valence-electron chi connectivity index (χ0n) is 13.5. The smallest absolute Gasteiger partial charge is 0.187 e. The predicted octanol–water partition coefficient (Wildman–Crippen LogP) is 2.91. The molecule has 6 heteroatoms. The van der Waals surface area contributed by atoms with Crippen LogP contribution < -0.4 is 4.74 Å². The van der Waals surface area contributed by atoms with Crippen molar-refractivity contribution in [2.24, 2.45) is 0 Å². The van der Waals surface area contributed by atoms with E-state index in [1.165, 1.54) is 12.1 Å². The topological polar surface area (TPSA) is 61.3 Å².